The predicted octanol–water partition coefficient (Wildman–Crippen LogP) is 3.18. The molecule has 0 spiro atoms. The molecule has 2 aromatic rings. The SMILES string of the molecule is CCOc1ccccc1/C=C/C(=O)NNC(=O)c1ccc(C)cc1C. The molecule has 25 heavy (non-hydrogen) atoms. The first kappa shape index (κ1) is 18.3. The average molecular weight is 338 g/mol. The Labute approximate surface area is 147 Å². The summed E-state index contributed by atoms with van der Waals surface area (Å²) in [5, 5.41) is 0. The summed E-state index contributed by atoms with van der Waals surface area (Å²) < 4.78 is 5.50. The van der Waals surface area contributed by atoms with Crippen molar-refractivity contribution in [1.29, 1.82) is 0 Å². The van der Waals surface area contributed by atoms with E-state index in [1.54, 1.807) is 12.1 Å². The van der Waals surface area contributed by atoms with Gasteiger partial charge >= 0.3 is 0 Å². The van der Waals surface area contributed by atoms with Crippen molar-refractivity contribution in [2.24, 2.45) is 0 Å². The quantitative estimate of drug-likeness (QED) is 0.650. The van der Waals surface area contributed by atoms with E-state index in [1.807, 2.05) is 57.2 Å². The van der Waals surface area contributed by atoms with Crippen LogP contribution in [0.4, 0.5) is 0 Å². The Hall–Kier alpha value is -3.08. The maximum Gasteiger partial charge on any atom is 0.269 e. The van der Waals surface area contributed by atoms with Crippen LogP contribution in [0.15, 0.2) is 48.5 Å². The molecule has 0 aliphatic rings. The Kier molecular flexibility index (Phi) is 6.34. The van der Waals surface area contributed by atoms with Crippen LogP contribution in [0.3, 0.4) is 0 Å². The molecule has 2 rings (SSSR count). The molecule has 0 atom stereocenters. The number of para-hydroxylation sites is 1. The molecule has 0 radical (unpaired) electrons. The van der Waals surface area contributed by atoms with Crippen molar-refractivity contribution in [2.45, 2.75) is 20.8 Å². The molecule has 0 aliphatic heterocycles. The van der Waals surface area contributed by atoms with Crippen LogP contribution >= 0.6 is 0 Å². The van der Waals surface area contributed by atoms with E-state index in [9.17, 15) is 9.59 Å². The average Bonchev–Trinajstić information content (AvgIpc) is 2.59. The summed E-state index contributed by atoms with van der Waals surface area (Å²) in [6, 6.07) is 12.9. The first-order valence-electron chi connectivity index (χ1n) is 8.08. The van der Waals surface area contributed by atoms with E-state index in [0.29, 0.717) is 17.9 Å². The molecule has 5 nitrogen and oxygen atoms in total. The van der Waals surface area contributed by atoms with Crippen molar-refractivity contribution in [3.8, 4) is 5.75 Å². The monoisotopic (exact) mass is 338 g/mol. The van der Waals surface area contributed by atoms with Gasteiger partial charge in [0.15, 0.2) is 0 Å². The van der Waals surface area contributed by atoms with E-state index >= 15 is 0 Å². The number of aryl methyl sites for hydroxylation is 2. The number of carbonyl (C=O) groups is 2. The highest BCUT2D eigenvalue weighted by Crippen LogP contribution is 2.19. The summed E-state index contributed by atoms with van der Waals surface area (Å²) in [7, 11) is 0. The summed E-state index contributed by atoms with van der Waals surface area (Å²) in [6.45, 7) is 6.26. The number of nitrogens with one attached hydrogen (secondary N) is 2. The molecule has 0 unspecified atom stereocenters. The normalized spacial score (nSPS) is 10.5. The largest absolute Gasteiger partial charge is 0.493 e. The van der Waals surface area contributed by atoms with Crippen LogP contribution in [-0.4, -0.2) is 18.4 Å². The molecule has 5 heteroatoms. The third-order valence-corrected chi connectivity index (χ3v) is 3.56. The van der Waals surface area contributed by atoms with E-state index < -0.39 is 5.91 Å². The van der Waals surface area contributed by atoms with Crippen LogP contribution in [0.1, 0.15) is 34.0 Å². The van der Waals surface area contributed by atoms with Crippen molar-refractivity contribution in [3.05, 3.63) is 70.8 Å². The Bertz CT molecular complexity index is 797. The highest BCUT2D eigenvalue weighted by atomic mass is 16.5. The molecule has 130 valence electrons. The lowest BCUT2D eigenvalue weighted by atomic mass is 10.1. The van der Waals surface area contributed by atoms with E-state index in [2.05, 4.69) is 10.9 Å². The molecular weight excluding hydrogens is 316 g/mol. The highest BCUT2D eigenvalue weighted by molar-refractivity contribution is 5.98. The van der Waals surface area contributed by atoms with Crippen molar-refractivity contribution in [3.63, 3.8) is 0 Å². The summed E-state index contributed by atoms with van der Waals surface area (Å²) in [4.78, 5) is 24.0. The van der Waals surface area contributed by atoms with Gasteiger partial charge in [-0.05, 0) is 44.5 Å². The summed E-state index contributed by atoms with van der Waals surface area (Å²) in [6.07, 6.45) is 2.99. The maximum atomic E-state index is 12.1. The Morgan fingerprint density at radius 3 is 2.56 bits per heavy atom. The van der Waals surface area contributed by atoms with Gasteiger partial charge in [0.05, 0.1) is 6.61 Å². The molecule has 0 saturated heterocycles. The zero-order valence-corrected chi connectivity index (χ0v) is 14.6. The fraction of sp³-hybridized carbons (Fsp3) is 0.200. The van der Waals surface area contributed by atoms with Gasteiger partial charge in [0.1, 0.15) is 5.75 Å². The first-order chi connectivity index (χ1) is 12.0. The minimum Gasteiger partial charge on any atom is -0.493 e. The zero-order chi connectivity index (χ0) is 18.2. The molecule has 0 heterocycles. The van der Waals surface area contributed by atoms with E-state index in [0.717, 1.165) is 16.7 Å². The van der Waals surface area contributed by atoms with Crippen molar-refractivity contribution in [1.82, 2.24) is 10.9 Å². The van der Waals surface area contributed by atoms with Crippen LogP contribution in [0.5, 0.6) is 5.75 Å². The molecule has 2 N–H and O–H groups in total. The van der Waals surface area contributed by atoms with Crippen molar-refractivity contribution < 1.29 is 14.3 Å². The molecular formula is C20H22N2O3. The Morgan fingerprint density at radius 2 is 1.84 bits per heavy atom. The molecule has 0 saturated carbocycles. The van der Waals surface area contributed by atoms with Gasteiger partial charge in [0, 0.05) is 17.2 Å². The van der Waals surface area contributed by atoms with Gasteiger partial charge in [-0.15, -0.1) is 0 Å². The Morgan fingerprint density at radius 1 is 1.08 bits per heavy atom. The topological polar surface area (TPSA) is 67.4 Å². The van der Waals surface area contributed by atoms with E-state index in [4.69, 9.17) is 4.74 Å². The lowest BCUT2D eigenvalue weighted by Crippen LogP contribution is -2.41. The van der Waals surface area contributed by atoms with Crippen LogP contribution < -0.4 is 15.6 Å². The minimum atomic E-state index is -0.426. The van der Waals surface area contributed by atoms with Gasteiger partial charge in [-0.3, -0.25) is 20.4 Å². The van der Waals surface area contributed by atoms with E-state index in [-0.39, 0.29) is 5.91 Å². The van der Waals surface area contributed by atoms with Gasteiger partial charge < -0.3 is 4.74 Å². The minimum absolute atomic E-state index is 0.353. The van der Waals surface area contributed by atoms with Crippen LogP contribution in [0, 0.1) is 13.8 Å². The zero-order valence-electron chi connectivity index (χ0n) is 14.6. The van der Waals surface area contributed by atoms with Gasteiger partial charge in [-0.2, -0.15) is 0 Å². The third-order valence-electron chi connectivity index (χ3n) is 3.56. The molecule has 0 aliphatic carbocycles. The fourth-order valence-electron chi connectivity index (χ4n) is 2.37. The summed E-state index contributed by atoms with van der Waals surface area (Å²) in [5.41, 5.74) is 8.04. The molecule has 0 bridgehead atoms. The number of hydrogen-bond acceptors (Lipinski definition) is 3. The predicted molar refractivity (Wildman–Crippen MR) is 98.2 cm³/mol. The number of amides is 2. The number of hydrogen-bond donors (Lipinski definition) is 2. The Balaban J connectivity index is 1.95. The van der Waals surface area contributed by atoms with E-state index in [1.165, 1.54) is 6.08 Å². The van der Waals surface area contributed by atoms with Crippen molar-refractivity contribution in [2.75, 3.05) is 6.61 Å². The number of benzene rings is 2. The third kappa shape index (κ3) is 5.21. The second-order valence-electron chi connectivity index (χ2n) is 5.57. The van der Waals surface area contributed by atoms with Gasteiger partial charge in [-0.1, -0.05) is 35.9 Å². The smallest absolute Gasteiger partial charge is 0.269 e. The highest BCUT2D eigenvalue weighted by Gasteiger charge is 2.09. The summed E-state index contributed by atoms with van der Waals surface area (Å²) >= 11 is 0. The van der Waals surface area contributed by atoms with Crippen LogP contribution in [0.2, 0.25) is 0 Å². The van der Waals surface area contributed by atoms with Gasteiger partial charge in [0.25, 0.3) is 11.8 Å². The van der Waals surface area contributed by atoms with Gasteiger partial charge in [0.2, 0.25) is 0 Å². The standard InChI is InChI=1S/C20H22N2O3/c1-4-25-18-8-6-5-7-16(18)10-12-19(23)21-22-20(24)17-11-9-14(2)13-15(17)3/h5-13H,4H2,1-3H3,(H,21,23)(H,22,24)/b12-10+. The van der Waals surface area contributed by atoms with Gasteiger partial charge in [-0.25, -0.2) is 0 Å². The lowest BCUT2D eigenvalue weighted by molar-refractivity contribution is -0.117. The maximum absolute atomic E-state index is 12.1. The number of carbonyl (C=O) groups excluding carboxylic acids is 2. The first-order valence-corrected chi connectivity index (χ1v) is 8.08. The number of ether oxygens (including phenoxy) is 1. The fourth-order valence-corrected chi connectivity index (χ4v) is 2.37. The van der Waals surface area contributed by atoms with Crippen LogP contribution in [0.25, 0.3) is 6.08 Å². The second kappa shape index (κ2) is 8.68. The molecule has 2 amide bonds. The number of rotatable bonds is 5. The second-order valence-corrected chi connectivity index (χ2v) is 5.57. The molecule has 0 fully saturated rings. The van der Waals surface area contributed by atoms with Crippen LogP contribution in [-0.2, 0) is 4.79 Å². The molecule has 0 aromatic heterocycles. The molecule has 2 aromatic carbocycles. The van der Waals surface area contributed by atoms with Crippen molar-refractivity contribution >= 4 is 17.9 Å². The number of hydrazine groups is 1. The lowest BCUT2D eigenvalue weighted by Gasteiger charge is -2.09. The summed E-state index contributed by atoms with van der Waals surface area (Å²) in [5.74, 6) is -0.0771.